The van der Waals surface area contributed by atoms with Crippen LogP contribution in [0.1, 0.15) is 48.6 Å². The Balaban J connectivity index is 1.53. The first-order valence-electron chi connectivity index (χ1n) is 12.1. The second-order valence-corrected chi connectivity index (χ2v) is 9.99. The third-order valence-electron chi connectivity index (χ3n) is 6.67. The van der Waals surface area contributed by atoms with Crippen LogP contribution in [0.25, 0.3) is 10.9 Å². The summed E-state index contributed by atoms with van der Waals surface area (Å²) in [5, 5.41) is 5.98. The van der Waals surface area contributed by atoms with Crippen LogP contribution >= 0.6 is 11.3 Å². The first-order valence-corrected chi connectivity index (χ1v) is 12.9. The van der Waals surface area contributed by atoms with Gasteiger partial charge in [-0.05, 0) is 48.1 Å². The lowest BCUT2D eigenvalue weighted by molar-refractivity contribution is -0.127. The van der Waals surface area contributed by atoms with E-state index in [2.05, 4.69) is 10.3 Å². The third-order valence-corrected chi connectivity index (χ3v) is 7.59. The number of fused-ring (bicyclic) bond motifs is 1. The molecule has 35 heavy (non-hydrogen) atoms. The molecule has 1 aliphatic rings. The van der Waals surface area contributed by atoms with Gasteiger partial charge in [0.15, 0.2) is 0 Å². The van der Waals surface area contributed by atoms with Crippen LogP contribution in [0.3, 0.4) is 0 Å². The summed E-state index contributed by atoms with van der Waals surface area (Å²) in [5.41, 5.74) is 1.84. The zero-order valence-electron chi connectivity index (χ0n) is 19.4. The van der Waals surface area contributed by atoms with Crippen molar-refractivity contribution in [3.05, 3.63) is 88.5 Å². The lowest BCUT2D eigenvalue weighted by atomic mass is 9.95. The predicted octanol–water partition coefficient (Wildman–Crippen LogP) is 6.13. The van der Waals surface area contributed by atoms with Crippen molar-refractivity contribution in [3.63, 3.8) is 0 Å². The molecule has 180 valence electrons. The number of carbonyl (C=O) groups excluding carboxylic acids is 2. The van der Waals surface area contributed by atoms with Gasteiger partial charge in [0.05, 0.1) is 12.1 Å². The van der Waals surface area contributed by atoms with E-state index in [4.69, 9.17) is 0 Å². The maximum atomic E-state index is 15.1. The standard InChI is InChI=1S/C28H28FN3O2S/c29-22-12-5-7-14-24(22)32(26(33)17-19-18-30-23-13-6-4-11-21(19)23)27(25-15-8-16-35-25)28(34)31-20-9-2-1-3-10-20/h4-8,11-16,18,20,27,30H,1-3,9-10,17H2,(H,31,34). The molecule has 0 spiro atoms. The van der Waals surface area contributed by atoms with Crippen LogP contribution in [0.4, 0.5) is 10.1 Å². The van der Waals surface area contributed by atoms with E-state index in [0.29, 0.717) is 4.88 Å². The van der Waals surface area contributed by atoms with Crippen molar-refractivity contribution in [1.29, 1.82) is 0 Å². The third kappa shape index (κ3) is 5.00. The number of nitrogens with one attached hydrogen (secondary N) is 2. The van der Waals surface area contributed by atoms with Crippen LogP contribution in [0.5, 0.6) is 0 Å². The lowest BCUT2D eigenvalue weighted by Gasteiger charge is -2.33. The van der Waals surface area contributed by atoms with E-state index in [0.717, 1.165) is 42.1 Å². The van der Waals surface area contributed by atoms with Crippen molar-refractivity contribution < 1.29 is 14.0 Å². The van der Waals surface area contributed by atoms with Gasteiger partial charge in [-0.3, -0.25) is 14.5 Å². The Morgan fingerprint density at radius 1 is 1.03 bits per heavy atom. The molecule has 2 amide bonds. The number of thiophene rings is 1. The van der Waals surface area contributed by atoms with Crippen molar-refractivity contribution in [2.45, 2.75) is 50.6 Å². The van der Waals surface area contributed by atoms with E-state index in [9.17, 15) is 9.59 Å². The molecule has 2 heterocycles. The molecule has 1 saturated carbocycles. The number of nitrogens with zero attached hydrogens (tertiary/aromatic N) is 1. The number of carbonyl (C=O) groups is 2. The molecule has 0 radical (unpaired) electrons. The molecule has 0 saturated heterocycles. The van der Waals surface area contributed by atoms with E-state index in [1.54, 1.807) is 18.2 Å². The van der Waals surface area contributed by atoms with Crippen LogP contribution in [0, 0.1) is 5.82 Å². The molecule has 2 N–H and O–H groups in total. The first kappa shape index (κ1) is 23.3. The molecule has 0 bridgehead atoms. The Hall–Kier alpha value is -3.45. The van der Waals surface area contributed by atoms with E-state index in [1.165, 1.54) is 28.7 Å². The van der Waals surface area contributed by atoms with Crippen LogP contribution < -0.4 is 10.2 Å². The summed E-state index contributed by atoms with van der Waals surface area (Å²) < 4.78 is 15.1. The maximum absolute atomic E-state index is 15.1. The summed E-state index contributed by atoms with van der Waals surface area (Å²) in [7, 11) is 0. The monoisotopic (exact) mass is 489 g/mol. The summed E-state index contributed by atoms with van der Waals surface area (Å²) >= 11 is 1.39. The number of aromatic amines is 1. The number of anilines is 1. The van der Waals surface area contributed by atoms with Crippen LogP contribution in [0.2, 0.25) is 0 Å². The molecule has 2 aromatic heterocycles. The molecule has 1 atom stereocenters. The van der Waals surface area contributed by atoms with Crippen LogP contribution in [-0.4, -0.2) is 22.8 Å². The highest BCUT2D eigenvalue weighted by molar-refractivity contribution is 7.10. The average Bonchev–Trinajstić information content (AvgIpc) is 3.54. The molecule has 7 heteroatoms. The number of H-pyrrole nitrogens is 1. The number of para-hydroxylation sites is 2. The zero-order chi connectivity index (χ0) is 24.2. The fourth-order valence-corrected chi connectivity index (χ4v) is 5.75. The summed E-state index contributed by atoms with van der Waals surface area (Å²) in [6.45, 7) is 0. The molecule has 1 aliphatic carbocycles. The van der Waals surface area contributed by atoms with Crippen LogP contribution in [-0.2, 0) is 16.0 Å². The minimum absolute atomic E-state index is 0.0386. The predicted molar refractivity (Wildman–Crippen MR) is 138 cm³/mol. The van der Waals surface area contributed by atoms with Gasteiger partial charge >= 0.3 is 0 Å². The number of hydrogen-bond acceptors (Lipinski definition) is 3. The molecule has 5 rings (SSSR count). The minimum Gasteiger partial charge on any atom is -0.361 e. The first-order chi connectivity index (χ1) is 17.1. The van der Waals surface area contributed by atoms with Gasteiger partial charge in [0, 0.05) is 28.0 Å². The Morgan fingerprint density at radius 2 is 1.80 bits per heavy atom. The Kier molecular flexibility index (Phi) is 6.95. The van der Waals surface area contributed by atoms with E-state index < -0.39 is 11.9 Å². The number of hydrogen-bond donors (Lipinski definition) is 2. The highest BCUT2D eigenvalue weighted by Crippen LogP contribution is 2.34. The summed E-state index contributed by atoms with van der Waals surface area (Å²) in [6, 6.07) is 16.7. The number of halogens is 1. The molecule has 4 aromatic rings. The minimum atomic E-state index is -0.952. The molecular formula is C28H28FN3O2S. The van der Waals surface area contributed by atoms with Crippen LogP contribution in [0.15, 0.2) is 72.2 Å². The number of rotatable bonds is 7. The summed E-state index contributed by atoms with van der Waals surface area (Å²) in [6.07, 6.45) is 7.01. The lowest BCUT2D eigenvalue weighted by Crippen LogP contribution is -2.47. The van der Waals surface area contributed by atoms with Gasteiger partial charge in [0.1, 0.15) is 11.9 Å². The van der Waals surface area contributed by atoms with Crippen molar-refractivity contribution in [2.75, 3.05) is 4.90 Å². The van der Waals surface area contributed by atoms with Gasteiger partial charge in [-0.1, -0.05) is 55.7 Å². The molecule has 2 aromatic carbocycles. The van der Waals surface area contributed by atoms with Gasteiger partial charge in [0.2, 0.25) is 11.8 Å². The SMILES string of the molecule is O=C(NC1CCCCC1)C(c1cccs1)N(C(=O)Cc1c[nH]c2ccccc12)c1ccccc1F. The van der Waals surface area contributed by atoms with Crippen molar-refractivity contribution in [2.24, 2.45) is 0 Å². The average molecular weight is 490 g/mol. The quantitative estimate of drug-likeness (QED) is 0.328. The van der Waals surface area contributed by atoms with Gasteiger partial charge in [-0.15, -0.1) is 11.3 Å². The Labute approximate surface area is 208 Å². The number of benzene rings is 2. The van der Waals surface area contributed by atoms with Gasteiger partial charge in [-0.25, -0.2) is 4.39 Å². The fourth-order valence-electron chi connectivity index (χ4n) is 4.94. The second-order valence-electron chi connectivity index (χ2n) is 9.01. The van der Waals surface area contributed by atoms with Crippen molar-refractivity contribution in [1.82, 2.24) is 10.3 Å². The molecule has 5 nitrogen and oxygen atoms in total. The van der Waals surface area contributed by atoms with Gasteiger partial charge in [0.25, 0.3) is 0 Å². The molecule has 1 unspecified atom stereocenters. The second kappa shape index (κ2) is 10.4. The van der Waals surface area contributed by atoms with E-state index in [-0.39, 0.29) is 30.0 Å². The Bertz CT molecular complexity index is 1310. The van der Waals surface area contributed by atoms with Crippen molar-refractivity contribution >= 4 is 39.7 Å². The topological polar surface area (TPSA) is 65.2 Å². The highest BCUT2D eigenvalue weighted by Gasteiger charge is 2.36. The smallest absolute Gasteiger partial charge is 0.248 e. The maximum Gasteiger partial charge on any atom is 0.248 e. The molecule has 0 aliphatic heterocycles. The number of amides is 2. The van der Waals surface area contributed by atoms with Crippen molar-refractivity contribution in [3.8, 4) is 0 Å². The fraction of sp³-hybridized carbons (Fsp3) is 0.286. The summed E-state index contributed by atoms with van der Waals surface area (Å²) in [4.78, 5) is 32.9. The van der Waals surface area contributed by atoms with Gasteiger partial charge < -0.3 is 10.3 Å². The number of aromatic nitrogens is 1. The highest BCUT2D eigenvalue weighted by atomic mass is 32.1. The van der Waals surface area contributed by atoms with E-state index >= 15 is 4.39 Å². The molecule has 1 fully saturated rings. The normalized spacial score (nSPS) is 15.1. The largest absolute Gasteiger partial charge is 0.361 e. The zero-order valence-corrected chi connectivity index (χ0v) is 20.2. The molecular weight excluding hydrogens is 461 g/mol. The van der Waals surface area contributed by atoms with E-state index in [1.807, 2.05) is 48.0 Å². The summed E-state index contributed by atoms with van der Waals surface area (Å²) in [5.74, 6) is -1.14. The van der Waals surface area contributed by atoms with Gasteiger partial charge in [-0.2, -0.15) is 0 Å². The Morgan fingerprint density at radius 3 is 2.57 bits per heavy atom.